The molecule has 0 spiro atoms. The number of thioether (sulfide) groups is 1. The molecular formula is C11H13BrF3NS. The average Bonchev–Trinajstić information content (AvgIpc) is 2.23. The van der Waals surface area contributed by atoms with Gasteiger partial charge in [-0.25, -0.2) is 0 Å². The zero-order valence-electron chi connectivity index (χ0n) is 9.01. The summed E-state index contributed by atoms with van der Waals surface area (Å²) in [5.74, 6) is 0.493. The van der Waals surface area contributed by atoms with Crippen LogP contribution >= 0.6 is 27.7 Å². The summed E-state index contributed by atoms with van der Waals surface area (Å²) in [7, 11) is 0. The first-order valence-electron chi connectivity index (χ1n) is 5.07. The zero-order valence-corrected chi connectivity index (χ0v) is 11.4. The van der Waals surface area contributed by atoms with E-state index in [0.29, 0.717) is 5.75 Å². The van der Waals surface area contributed by atoms with Crippen molar-refractivity contribution in [3.05, 3.63) is 28.7 Å². The summed E-state index contributed by atoms with van der Waals surface area (Å²) in [4.78, 5) is 1.00. The Labute approximate surface area is 111 Å². The van der Waals surface area contributed by atoms with E-state index in [2.05, 4.69) is 15.9 Å². The standard InChI is InChI=1S/C11H13BrF3NS/c12-8-2-1-3-10(6-8)17-7-9(16)4-5-11(13,14)15/h1-3,6,9H,4-5,7,16H2. The van der Waals surface area contributed by atoms with Gasteiger partial charge in [0.2, 0.25) is 0 Å². The third kappa shape index (κ3) is 6.95. The Balaban J connectivity index is 2.31. The Morgan fingerprint density at radius 1 is 1.35 bits per heavy atom. The van der Waals surface area contributed by atoms with Crippen LogP contribution in [0, 0.1) is 0 Å². The molecular weight excluding hydrogens is 315 g/mol. The van der Waals surface area contributed by atoms with Gasteiger partial charge < -0.3 is 5.73 Å². The van der Waals surface area contributed by atoms with Crippen molar-refractivity contribution in [3.8, 4) is 0 Å². The van der Waals surface area contributed by atoms with Gasteiger partial charge >= 0.3 is 6.18 Å². The molecule has 0 amide bonds. The third-order valence-corrected chi connectivity index (χ3v) is 3.73. The molecule has 1 aromatic carbocycles. The maximum Gasteiger partial charge on any atom is 0.389 e. The maximum atomic E-state index is 12.0. The van der Waals surface area contributed by atoms with Crippen LogP contribution in [0.15, 0.2) is 33.6 Å². The molecule has 0 aromatic heterocycles. The molecule has 1 nitrogen and oxygen atoms in total. The van der Waals surface area contributed by atoms with Crippen molar-refractivity contribution in [3.63, 3.8) is 0 Å². The van der Waals surface area contributed by atoms with Crippen LogP contribution in [0.5, 0.6) is 0 Å². The van der Waals surface area contributed by atoms with Crippen LogP contribution in [0.2, 0.25) is 0 Å². The van der Waals surface area contributed by atoms with E-state index in [4.69, 9.17) is 5.73 Å². The van der Waals surface area contributed by atoms with Gasteiger partial charge in [0.1, 0.15) is 0 Å². The molecule has 0 radical (unpaired) electrons. The predicted octanol–water partition coefficient (Wildman–Crippen LogP) is 4.21. The highest BCUT2D eigenvalue weighted by Crippen LogP contribution is 2.25. The van der Waals surface area contributed by atoms with Gasteiger partial charge in [-0.2, -0.15) is 13.2 Å². The fourth-order valence-corrected chi connectivity index (χ4v) is 2.70. The summed E-state index contributed by atoms with van der Waals surface area (Å²) in [6.45, 7) is 0. The van der Waals surface area contributed by atoms with Crippen molar-refractivity contribution in [2.75, 3.05) is 5.75 Å². The summed E-state index contributed by atoms with van der Waals surface area (Å²) in [5.41, 5.74) is 5.63. The van der Waals surface area contributed by atoms with E-state index in [0.717, 1.165) is 9.37 Å². The fourth-order valence-electron chi connectivity index (χ4n) is 1.19. The lowest BCUT2D eigenvalue weighted by atomic mass is 10.2. The second kappa shape index (κ2) is 6.66. The number of hydrogen-bond acceptors (Lipinski definition) is 2. The number of nitrogens with two attached hydrogens (primary N) is 1. The van der Waals surface area contributed by atoms with Crippen LogP contribution < -0.4 is 5.73 Å². The SMILES string of the molecule is NC(CCC(F)(F)F)CSc1cccc(Br)c1. The Hall–Kier alpha value is -0.200. The van der Waals surface area contributed by atoms with Gasteiger partial charge in [-0.1, -0.05) is 22.0 Å². The van der Waals surface area contributed by atoms with Crippen LogP contribution in [0.3, 0.4) is 0 Å². The highest BCUT2D eigenvalue weighted by atomic mass is 79.9. The number of benzene rings is 1. The molecule has 0 bridgehead atoms. The normalized spacial score (nSPS) is 13.7. The first-order chi connectivity index (χ1) is 7.87. The smallest absolute Gasteiger partial charge is 0.327 e. The van der Waals surface area contributed by atoms with Crippen molar-refractivity contribution in [2.45, 2.75) is 30.0 Å². The molecule has 1 aromatic rings. The molecule has 1 rings (SSSR count). The Kier molecular flexibility index (Phi) is 5.82. The topological polar surface area (TPSA) is 26.0 Å². The molecule has 0 saturated heterocycles. The molecule has 0 saturated carbocycles. The minimum absolute atomic E-state index is 0.0233. The monoisotopic (exact) mass is 327 g/mol. The van der Waals surface area contributed by atoms with Crippen LogP contribution in [0.1, 0.15) is 12.8 Å². The average molecular weight is 328 g/mol. The van der Waals surface area contributed by atoms with Gasteiger partial charge in [0.05, 0.1) is 0 Å². The Morgan fingerprint density at radius 3 is 2.65 bits per heavy atom. The molecule has 1 unspecified atom stereocenters. The number of halogens is 4. The lowest BCUT2D eigenvalue weighted by Crippen LogP contribution is -2.25. The van der Waals surface area contributed by atoms with Gasteiger partial charge in [-0.15, -0.1) is 11.8 Å². The quantitative estimate of drug-likeness (QED) is 0.820. The van der Waals surface area contributed by atoms with E-state index in [1.807, 2.05) is 24.3 Å². The van der Waals surface area contributed by atoms with E-state index in [-0.39, 0.29) is 6.42 Å². The first-order valence-corrected chi connectivity index (χ1v) is 6.85. The molecule has 2 N–H and O–H groups in total. The number of rotatable bonds is 5. The molecule has 0 heterocycles. The molecule has 0 aliphatic rings. The van der Waals surface area contributed by atoms with E-state index in [1.54, 1.807) is 0 Å². The molecule has 0 fully saturated rings. The molecule has 0 aliphatic carbocycles. The summed E-state index contributed by atoms with van der Waals surface area (Å²) in [6.07, 6.45) is -4.95. The lowest BCUT2D eigenvalue weighted by Gasteiger charge is -2.12. The van der Waals surface area contributed by atoms with Crippen molar-refractivity contribution in [1.29, 1.82) is 0 Å². The lowest BCUT2D eigenvalue weighted by molar-refractivity contribution is -0.136. The summed E-state index contributed by atoms with van der Waals surface area (Å²) in [5, 5.41) is 0. The van der Waals surface area contributed by atoms with Crippen LogP contribution in [0.25, 0.3) is 0 Å². The minimum atomic E-state index is -4.11. The molecule has 0 aliphatic heterocycles. The minimum Gasteiger partial charge on any atom is -0.327 e. The van der Waals surface area contributed by atoms with Gasteiger partial charge in [0, 0.05) is 27.6 Å². The second-order valence-electron chi connectivity index (χ2n) is 3.68. The van der Waals surface area contributed by atoms with Gasteiger partial charge in [0.15, 0.2) is 0 Å². The van der Waals surface area contributed by atoms with E-state index < -0.39 is 18.6 Å². The van der Waals surface area contributed by atoms with Crippen molar-refractivity contribution in [1.82, 2.24) is 0 Å². The first kappa shape index (κ1) is 14.9. The van der Waals surface area contributed by atoms with Gasteiger partial charge in [-0.3, -0.25) is 0 Å². The van der Waals surface area contributed by atoms with Gasteiger partial charge in [-0.05, 0) is 24.6 Å². The predicted molar refractivity (Wildman–Crippen MR) is 68.1 cm³/mol. The number of hydrogen-bond donors (Lipinski definition) is 1. The van der Waals surface area contributed by atoms with Crippen molar-refractivity contribution < 1.29 is 13.2 Å². The largest absolute Gasteiger partial charge is 0.389 e. The van der Waals surface area contributed by atoms with Crippen LogP contribution in [-0.2, 0) is 0 Å². The third-order valence-electron chi connectivity index (χ3n) is 2.06. The zero-order chi connectivity index (χ0) is 12.9. The van der Waals surface area contributed by atoms with Crippen LogP contribution in [-0.4, -0.2) is 18.0 Å². The maximum absolute atomic E-state index is 12.0. The Bertz CT molecular complexity index is 357. The summed E-state index contributed by atoms with van der Waals surface area (Å²) >= 11 is 4.80. The molecule has 17 heavy (non-hydrogen) atoms. The summed E-state index contributed by atoms with van der Waals surface area (Å²) < 4.78 is 36.8. The van der Waals surface area contributed by atoms with E-state index in [9.17, 15) is 13.2 Å². The van der Waals surface area contributed by atoms with E-state index in [1.165, 1.54) is 11.8 Å². The van der Waals surface area contributed by atoms with E-state index >= 15 is 0 Å². The van der Waals surface area contributed by atoms with Gasteiger partial charge in [0.25, 0.3) is 0 Å². The molecule has 6 heteroatoms. The van der Waals surface area contributed by atoms with Crippen molar-refractivity contribution in [2.24, 2.45) is 5.73 Å². The molecule has 1 atom stereocenters. The Morgan fingerprint density at radius 2 is 2.06 bits per heavy atom. The highest BCUT2D eigenvalue weighted by Gasteiger charge is 2.27. The fraction of sp³-hybridized carbons (Fsp3) is 0.455. The van der Waals surface area contributed by atoms with Crippen LogP contribution in [0.4, 0.5) is 13.2 Å². The van der Waals surface area contributed by atoms with Crippen molar-refractivity contribution >= 4 is 27.7 Å². The second-order valence-corrected chi connectivity index (χ2v) is 5.69. The summed E-state index contributed by atoms with van der Waals surface area (Å²) in [6, 6.07) is 7.18. The number of alkyl halides is 3. The molecule has 96 valence electrons. The highest BCUT2D eigenvalue weighted by molar-refractivity contribution is 9.10.